The summed E-state index contributed by atoms with van der Waals surface area (Å²) in [5.74, 6) is 1.05. The molecule has 1 saturated carbocycles. The SMILES string of the molecule is CC(C)Oc1ccc2ccnc(OCC3(NC(=O)CC#N)CCCC3)c2c1. The van der Waals surface area contributed by atoms with Gasteiger partial charge in [-0.1, -0.05) is 18.9 Å². The molecule has 1 aromatic carbocycles. The summed E-state index contributed by atoms with van der Waals surface area (Å²) in [4.78, 5) is 16.3. The van der Waals surface area contributed by atoms with Crippen molar-refractivity contribution in [2.45, 2.75) is 57.6 Å². The van der Waals surface area contributed by atoms with Crippen LogP contribution < -0.4 is 14.8 Å². The van der Waals surface area contributed by atoms with Gasteiger partial charge in [-0.3, -0.25) is 4.79 Å². The molecule has 1 aromatic heterocycles. The van der Waals surface area contributed by atoms with Crippen LogP contribution in [0.1, 0.15) is 46.0 Å². The van der Waals surface area contributed by atoms with E-state index in [1.165, 1.54) is 0 Å². The topological polar surface area (TPSA) is 84.2 Å². The minimum atomic E-state index is -0.427. The molecule has 1 heterocycles. The number of nitrogens with zero attached hydrogens (tertiary/aromatic N) is 2. The number of nitriles is 1. The van der Waals surface area contributed by atoms with Gasteiger partial charge in [0.2, 0.25) is 11.8 Å². The van der Waals surface area contributed by atoms with Crippen LogP contribution in [0.2, 0.25) is 0 Å². The zero-order chi connectivity index (χ0) is 19.3. The molecule has 1 amide bonds. The molecule has 0 aliphatic heterocycles. The van der Waals surface area contributed by atoms with Gasteiger partial charge in [0.25, 0.3) is 0 Å². The lowest BCUT2D eigenvalue weighted by Crippen LogP contribution is -2.50. The van der Waals surface area contributed by atoms with Crippen molar-refractivity contribution < 1.29 is 14.3 Å². The van der Waals surface area contributed by atoms with Crippen molar-refractivity contribution >= 4 is 16.7 Å². The number of amides is 1. The fourth-order valence-corrected chi connectivity index (χ4v) is 3.56. The number of pyridine rings is 1. The van der Waals surface area contributed by atoms with Crippen LogP contribution in [-0.2, 0) is 4.79 Å². The summed E-state index contributed by atoms with van der Waals surface area (Å²) in [6.07, 6.45) is 5.42. The molecule has 0 radical (unpaired) electrons. The van der Waals surface area contributed by atoms with Crippen LogP contribution in [0.3, 0.4) is 0 Å². The summed E-state index contributed by atoms with van der Waals surface area (Å²) >= 11 is 0. The van der Waals surface area contributed by atoms with E-state index in [-0.39, 0.29) is 18.4 Å². The van der Waals surface area contributed by atoms with Crippen LogP contribution in [0.4, 0.5) is 0 Å². The second kappa shape index (κ2) is 8.26. The Kier molecular flexibility index (Phi) is 5.80. The minimum absolute atomic E-state index is 0.0839. The van der Waals surface area contributed by atoms with E-state index in [1.54, 1.807) is 6.20 Å². The van der Waals surface area contributed by atoms with Crippen molar-refractivity contribution in [3.8, 4) is 17.7 Å². The first-order valence-corrected chi connectivity index (χ1v) is 9.37. The van der Waals surface area contributed by atoms with E-state index in [2.05, 4.69) is 10.3 Å². The average Bonchev–Trinajstić information content (AvgIpc) is 3.08. The summed E-state index contributed by atoms with van der Waals surface area (Å²) in [7, 11) is 0. The van der Waals surface area contributed by atoms with Gasteiger partial charge in [0.05, 0.1) is 17.7 Å². The Bertz CT molecular complexity index is 851. The Hall–Kier alpha value is -2.81. The number of ether oxygens (including phenoxy) is 2. The molecule has 1 fully saturated rings. The highest BCUT2D eigenvalue weighted by atomic mass is 16.5. The summed E-state index contributed by atoms with van der Waals surface area (Å²) < 4.78 is 11.9. The maximum Gasteiger partial charge on any atom is 0.234 e. The second-order valence-corrected chi connectivity index (χ2v) is 7.32. The average molecular weight is 367 g/mol. The van der Waals surface area contributed by atoms with Gasteiger partial charge < -0.3 is 14.8 Å². The highest BCUT2D eigenvalue weighted by molar-refractivity contribution is 5.88. The van der Waals surface area contributed by atoms with E-state index in [9.17, 15) is 4.79 Å². The van der Waals surface area contributed by atoms with Crippen LogP contribution in [0, 0.1) is 11.3 Å². The maximum atomic E-state index is 12.0. The third kappa shape index (κ3) is 4.68. The van der Waals surface area contributed by atoms with Crippen molar-refractivity contribution in [1.82, 2.24) is 10.3 Å². The Labute approximate surface area is 159 Å². The van der Waals surface area contributed by atoms with Crippen LogP contribution in [0.5, 0.6) is 11.6 Å². The largest absolute Gasteiger partial charge is 0.491 e. The zero-order valence-corrected chi connectivity index (χ0v) is 15.8. The Morgan fingerprint density at radius 2 is 2.11 bits per heavy atom. The fraction of sp³-hybridized carbons (Fsp3) is 0.476. The number of carbonyl (C=O) groups excluding carboxylic acids is 1. The van der Waals surface area contributed by atoms with Gasteiger partial charge in [0, 0.05) is 11.6 Å². The number of rotatable bonds is 7. The number of hydrogen-bond acceptors (Lipinski definition) is 5. The van der Waals surface area contributed by atoms with Crippen LogP contribution in [0.25, 0.3) is 10.8 Å². The number of fused-ring (bicyclic) bond motifs is 1. The van der Waals surface area contributed by atoms with Crippen LogP contribution >= 0.6 is 0 Å². The predicted molar refractivity (Wildman–Crippen MR) is 103 cm³/mol. The van der Waals surface area contributed by atoms with Crippen molar-refractivity contribution in [1.29, 1.82) is 5.26 Å². The monoisotopic (exact) mass is 367 g/mol. The molecule has 2 aromatic rings. The molecule has 6 nitrogen and oxygen atoms in total. The van der Waals surface area contributed by atoms with Gasteiger partial charge in [-0.15, -0.1) is 0 Å². The number of hydrogen-bond donors (Lipinski definition) is 1. The molecule has 1 N–H and O–H groups in total. The third-order valence-electron chi connectivity index (χ3n) is 4.76. The van der Waals surface area contributed by atoms with Gasteiger partial charge in [-0.05, 0) is 50.3 Å². The van der Waals surface area contributed by atoms with E-state index in [0.29, 0.717) is 12.5 Å². The predicted octanol–water partition coefficient (Wildman–Crippen LogP) is 3.74. The lowest BCUT2D eigenvalue weighted by molar-refractivity contribution is -0.122. The van der Waals surface area contributed by atoms with Crippen molar-refractivity contribution in [3.63, 3.8) is 0 Å². The third-order valence-corrected chi connectivity index (χ3v) is 4.76. The first-order valence-electron chi connectivity index (χ1n) is 9.37. The van der Waals surface area contributed by atoms with Gasteiger partial charge in [-0.25, -0.2) is 4.98 Å². The molecule has 0 bridgehead atoms. The Balaban J connectivity index is 1.80. The molecule has 0 atom stereocenters. The molecule has 1 aliphatic carbocycles. The first-order chi connectivity index (χ1) is 13.0. The number of carbonyl (C=O) groups is 1. The quantitative estimate of drug-likeness (QED) is 0.806. The zero-order valence-electron chi connectivity index (χ0n) is 15.8. The van der Waals surface area contributed by atoms with E-state index in [4.69, 9.17) is 14.7 Å². The van der Waals surface area contributed by atoms with E-state index in [1.807, 2.05) is 44.2 Å². The van der Waals surface area contributed by atoms with Crippen molar-refractivity contribution in [2.24, 2.45) is 0 Å². The van der Waals surface area contributed by atoms with E-state index < -0.39 is 5.54 Å². The molecule has 27 heavy (non-hydrogen) atoms. The summed E-state index contributed by atoms with van der Waals surface area (Å²) in [6.45, 7) is 4.31. The molecular formula is C21H25N3O3. The van der Waals surface area contributed by atoms with Gasteiger partial charge in [0.1, 0.15) is 18.8 Å². The summed E-state index contributed by atoms with van der Waals surface area (Å²) in [5.41, 5.74) is -0.427. The first kappa shape index (κ1) is 19.0. The van der Waals surface area contributed by atoms with Crippen molar-refractivity contribution in [2.75, 3.05) is 6.61 Å². The molecule has 0 unspecified atom stereocenters. The lowest BCUT2D eigenvalue weighted by Gasteiger charge is -2.30. The lowest BCUT2D eigenvalue weighted by atomic mass is 9.98. The van der Waals surface area contributed by atoms with Gasteiger partial charge in [-0.2, -0.15) is 5.26 Å². The van der Waals surface area contributed by atoms with Crippen molar-refractivity contribution in [3.05, 3.63) is 30.5 Å². The molecular weight excluding hydrogens is 342 g/mol. The summed E-state index contributed by atoms with van der Waals surface area (Å²) in [5, 5.41) is 13.7. The maximum absolute atomic E-state index is 12.0. The van der Waals surface area contributed by atoms with Gasteiger partial charge >= 0.3 is 0 Å². The fourth-order valence-electron chi connectivity index (χ4n) is 3.56. The highest BCUT2D eigenvalue weighted by Gasteiger charge is 2.36. The Morgan fingerprint density at radius 3 is 2.81 bits per heavy atom. The number of benzene rings is 1. The normalized spacial score (nSPS) is 15.5. The smallest absolute Gasteiger partial charge is 0.234 e. The number of nitrogens with one attached hydrogen (secondary N) is 1. The second-order valence-electron chi connectivity index (χ2n) is 7.32. The molecule has 6 heteroatoms. The highest BCUT2D eigenvalue weighted by Crippen LogP contribution is 2.32. The Morgan fingerprint density at radius 1 is 1.33 bits per heavy atom. The molecule has 1 aliphatic rings. The molecule has 142 valence electrons. The van der Waals surface area contributed by atoms with Gasteiger partial charge in [0.15, 0.2) is 0 Å². The number of aromatic nitrogens is 1. The molecule has 0 saturated heterocycles. The van der Waals surface area contributed by atoms with Crippen LogP contribution in [0.15, 0.2) is 30.5 Å². The van der Waals surface area contributed by atoms with E-state index in [0.717, 1.165) is 42.2 Å². The summed E-state index contributed by atoms with van der Waals surface area (Å²) in [6, 6.07) is 9.69. The molecule has 3 rings (SSSR count). The van der Waals surface area contributed by atoms with Crippen LogP contribution in [-0.4, -0.2) is 29.1 Å². The molecule has 0 spiro atoms. The standard InChI is InChI=1S/C21H25N3O3/c1-15(2)27-17-6-5-16-8-12-23-20(18(16)13-17)26-14-21(9-3-4-10-21)24-19(25)7-11-22/h5-6,8,12-13,15H,3-4,7,9-10,14H2,1-2H3,(H,24,25). The minimum Gasteiger partial charge on any atom is -0.491 e. The van der Waals surface area contributed by atoms with E-state index >= 15 is 0 Å².